The SMILES string of the molecule is Cc1ccn2nc([C@H](C)Nc3ncnc(N)c3C#N)nc(N3C[C@@H](C)N(Cc4cccc(O)c4)[C@@H](C)C3)c12. The number of hydrogen-bond acceptors (Lipinski definition) is 10. The zero-order valence-corrected chi connectivity index (χ0v) is 22.0. The van der Waals surface area contributed by atoms with Crippen molar-refractivity contribution in [1.82, 2.24) is 29.5 Å². The van der Waals surface area contributed by atoms with Gasteiger partial charge < -0.3 is 21.1 Å². The van der Waals surface area contributed by atoms with E-state index in [-0.39, 0.29) is 35.3 Å². The van der Waals surface area contributed by atoms with Crippen LogP contribution in [0.25, 0.3) is 5.52 Å². The topological polar surface area (TPSA) is 145 Å². The highest BCUT2D eigenvalue weighted by molar-refractivity contribution is 5.73. The van der Waals surface area contributed by atoms with Gasteiger partial charge in [-0.1, -0.05) is 12.1 Å². The van der Waals surface area contributed by atoms with Gasteiger partial charge in [0.05, 0.1) is 6.04 Å². The second-order valence-corrected chi connectivity index (χ2v) is 9.99. The molecular formula is C27H32N10O. The maximum atomic E-state index is 9.90. The average Bonchev–Trinajstić information content (AvgIpc) is 3.26. The van der Waals surface area contributed by atoms with Crippen LogP contribution >= 0.6 is 0 Å². The molecule has 4 aromatic rings. The number of aryl methyl sites for hydroxylation is 1. The third kappa shape index (κ3) is 4.78. The van der Waals surface area contributed by atoms with Crippen molar-refractivity contribution in [1.29, 1.82) is 5.26 Å². The summed E-state index contributed by atoms with van der Waals surface area (Å²) in [6.45, 7) is 10.8. The molecule has 38 heavy (non-hydrogen) atoms. The number of hydrogen-bond donors (Lipinski definition) is 3. The van der Waals surface area contributed by atoms with E-state index in [1.165, 1.54) is 6.33 Å². The Kier molecular flexibility index (Phi) is 6.73. The number of nitrogen functional groups attached to an aromatic ring is 1. The number of nitrogens with two attached hydrogens (primary N) is 1. The van der Waals surface area contributed by atoms with Crippen molar-refractivity contribution in [3.8, 4) is 11.8 Å². The van der Waals surface area contributed by atoms with Crippen LogP contribution in [-0.4, -0.2) is 59.7 Å². The van der Waals surface area contributed by atoms with E-state index >= 15 is 0 Å². The van der Waals surface area contributed by atoms with Gasteiger partial charge in [-0.2, -0.15) is 10.4 Å². The van der Waals surface area contributed by atoms with E-state index in [4.69, 9.17) is 15.8 Å². The van der Waals surface area contributed by atoms with Crippen LogP contribution in [0.15, 0.2) is 42.9 Å². The molecule has 5 rings (SSSR count). The smallest absolute Gasteiger partial charge is 0.173 e. The molecule has 11 heteroatoms. The van der Waals surface area contributed by atoms with Crippen LogP contribution in [0.2, 0.25) is 0 Å². The number of nitrogens with zero attached hydrogens (tertiary/aromatic N) is 8. The lowest BCUT2D eigenvalue weighted by Crippen LogP contribution is -2.56. The highest BCUT2D eigenvalue weighted by Crippen LogP contribution is 2.30. The van der Waals surface area contributed by atoms with Gasteiger partial charge >= 0.3 is 0 Å². The summed E-state index contributed by atoms with van der Waals surface area (Å²) in [5.41, 5.74) is 9.23. The summed E-state index contributed by atoms with van der Waals surface area (Å²) in [5.74, 6) is 2.22. The van der Waals surface area contributed by atoms with Crippen LogP contribution in [0, 0.1) is 18.3 Å². The van der Waals surface area contributed by atoms with Gasteiger partial charge in [0, 0.05) is 37.9 Å². The first-order valence-electron chi connectivity index (χ1n) is 12.7. The Morgan fingerprint density at radius 2 is 1.97 bits per heavy atom. The maximum Gasteiger partial charge on any atom is 0.173 e. The van der Waals surface area contributed by atoms with Crippen molar-refractivity contribution in [3.05, 3.63) is 65.4 Å². The minimum atomic E-state index is -0.343. The number of nitrogens with one attached hydrogen (secondary N) is 1. The van der Waals surface area contributed by atoms with Crippen molar-refractivity contribution in [3.63, 3.8) is 0 Å². The first-order valence-corrected chi connectivity index (χ1v) is 12.7. The molecule has 1 saturated heterocycles. The van der Waals surface area contributed by atoms with Gasteiger partial charge in [-0.25, -0.2) is 19.5 Å². The number of aromatic hydroxyl groups is 1. The Morgan fingerprint density at radius 3 is 2.68 bits per heavy atom. The van der Waals surface area contributed by atoms with Crippen molar-refractivity contribution in [2.75, 3.05) is 29.0 Å². The van der Waals surface area contributed by atoms with Crippen LogP contribution < -0.4 is 16.0 Å². The third-order valence-corrected chi connectivity index (χ3v) is 7.12. The molecule has 0 amide bonds. The molecule has 0 unspecified atom stereocenters. The van der Waals surface area contributed by atoms with Crippen molar-refractivity contribution < 1.29 is 5.11 Å². The molecular weight excluding hydrogens is 480 g/mol. The molecule has 196 valence electrons. The zero-order chi connectivity index (χ0) is 27.0. The number of rotatable bonds is 6. The molecule has 1 fully saturated rings. The number of benzene rings is 1. The Hall–Kier alpha value is -4.43. The molecule has 0 radical (unpaired) electrons. The minimum absolute atomic E-state index is 0.127. The zero-order valence-electron chi connectivity index (χ0n) is 22.0. The molecule has 0 aliphatic carbocycles. The van der Waals surface area contributed by atoms with Crippen LogP contribution in [0.1, 0.15) is 49.3 Å². The fourth-order valence-electron chi connectivity index (χ4n) is 5.17. The molecule has 4 heterocycles. The lowest BCUT2D eigenvalue weighted by Gasteiger charge is -2.45. The fraction of sp³-hybridized carbons (Fsp3) is 0.370. The van der Waals surface area contributed by atoms with Crippen molar-refractivity contribution in [2.45, 2.75) is 52.4 Å². The van der Waals surface area contributed by atoms with Crippen molar-refractivity contribution >= 4 is 23.0 Å². The fourth-order valence-corrected chi connectivity index (χ4v) is 5.17. The number of phenolic OH excluding ortho intramolecular Hbond substituents is 1. The Labute approximate surface area is 221 Å². The summed E-state index contributed by atoms with van der Waals surface area (Å²) in [7, 11) is 0. The Morgan fingerprint density at radius 1 is 1.21 bits per heavy atom. The van der Waals surface area contributed by atoms with Gasteiger partial charge in [0.1, 0.15) is 40.9 Å². The lowest BCUT2D eigenvalue weighted by atomic mass is 10.1. The van der Waals surface area contributed by atoms with E-state index in [9.17, 15) is 10.4 Å². The van der Waals surface area contributed by atoms with Crippen LogP contribution in [-0.2, 0) is 6.54 Å². The number of anilines is 3. The van der Waals surface area contributed by atoms with Gasteiger partial charge in [-0.05, 0) is 57.0 Å². The van der Waals surface area contributed by atoms with E-state index < -0.39 is 0 Å². The average molecular weight is 513 g/mol. The molecule has 11 nitrogen and oxygen atoms in total. The standard InChI is InChI=1S/C27H32N10O/c1-16-8-9-37-23(16)27(33-25(34-37)19(4)32-26-22(11-28)24(29)30-15-31-26)35-12-17(2)36(18(3)13-35)14-20-6-5-7-21(38)10-20/h5-10,15,17-19,38H,12-14H2,1-4H3,(H3,29,30,31,32)/t17-,18+,19-/m0/s1. The molecule has 3 aromatic heterocycles. The molecule has 1 aromatic carbocycles. The number of piperazine rings is 1. The van der Waals surface area contributed by atoms with Gasteiger partial charge in [0.25, 0.3) is 0 Å². The molecule has 4 N–H and O–H groups in total. The molecule has 1 aliphatic heterocycles. The summed E-state index contributed by atoms with van der Waals surface area (Å²) in [5, 5.41) is 27.4. The van der Waals surface area contributed by atoms with Crippen LogP contribution in [0.5, 0.6) is 5.75 Å². The Bertz CT molecular complexity index is 1500. The summed E-state index contributed by atoms with van der Waals surface area (Å²) in [6.07, 6.45) is 3.27. The van der Waals surface area contributed by atoms with Gasteiger partial charge in [-0.15, -0.1) is 0 Å². The quantitative estimate of drug-likeness (QED) is 0.352. The summed E-state index contributed by atoms with van der Waals surface area (Å²) < 4.78 is 1.87. The minimum Gasteiger partial charge on any atom is -0.508 e. The summed E-state index contributed by atoms with van der Waals surface area (Å²) in [4.78, 5) is 17.9. The van der Waals surface area contributed by atoms with E-state index in [0.29, 0.717) is 11.6 Å². The first-order chi connectivity index (χ1) is 18.2. The lowest BCUT2D eigenvalue weighted by molar-refractivity contribution is 0.123. The summed E-state index contributed by atoms with van der Waals surface area (Å²) >= 11 is 0. The highest BCUT2D eigenvalue weighted by atomic mass is 16.3. The second kappa shape index (κ2) is 10.1. The van der Waals surface area contributed by atoms with Gasteiger partial charge in [-0.3, -0.25) is 4.90 Å². The number of phenols is 1. The van der Waals surface area contributed by atoms with Gasteiger partial charge in [0.15, 0.2) is 11.6 Å². The predicted molar refractivity (Wildman–Crippen MR) is 146 cm³/mol. The number of fused-ring (bicyclic) bond motifs is 1. The van der Waals surface area contributed by atoms with Crippen molar-refractivity contribution in [2.24, 2.45) is 0 Å². The van der Waals surface area contributed by atoms with E-state index in [0.717, 1.165) is 42.1 Å². The van der Waals surface area contributed by atoms with E-state index in [1.54, 1.807) is 6.07 Å². The normalized spacial score (nSPS) is 18.9. The van der Waals surface area contributed by atoms with Crippen LogP contribution in [0.3, 0.4) is 0 Å². The molecule has 3 atom stereocenters. The largest absolute Gasteiger partial charge is 0.508 e. The molecule has 1 aliphatic rings. The number of aromatic nitrogens is 5. The van der Waals surface area contributed by atoms with Gasteiger partial charge in [0.2, 0.25) is 0 Å². The van der Waals surface area contributed by atoms with E-state index in [2.05, 4.69) is 51.9 Å². The maximum absolute atomic E-state index is 9.90. The highest BCUT2D eigenvalue weighted by Gasteiger charge is 2.32. The molecule has 0 bridgehead atoms. The number of nitriles is 1. The summed E-state index contributed by atoms with van der Waals surface area (Å²) in [6, 6.07) is 11.7. The first kappa shape index (κ1) is 25.2. The molecule has 0 spiro atoms. The third-order valence-electron chi connectivity index (χ3n) is 7.12. The van der Waals surface area contributed by atoms with Crippen LogP contribution in [0.4, 0.5) is 17.5 Å². The van der Waals surface area contributed by atoms with E-state index in [1.807, 2.05) is 41.9 Å². The predicted octanol–water partition coefficient (Wildman–Crippen LogP) is 3.26. The second-order valence-electron chi connectivity index (χ2n) is 9.99. The molecule has 0 saturated carbocycles. The Balaban J connectivity index is 1.44. The monoisotopic (exact) mass is 512 g/mol.